The van der Waals surface area contributed by atoms with Gasteiger partial charge in [-0.1, -0.05) is 24.6 Å². The largest absolute Gasteiger partial charge is 0.324 e. The maximum Gasteiger partial charge on any atom is 0.227 e. The zero-order valence-corrected chi connectivity index (χ0v) is 11.8. The number of para-hydroxylation sites is 1. The maximum absolute atomic E-state index is 4.70. The first-order valence-electron chi connectivity index (χ1n) is 7.22. The summed E-state index contributed by atoms with van der Waals surface area (Å²) in [5, 5.41) is 6.63. The molecule has 0 saturated heterocycles. The van der Waals surface area contributed by atoms with Crippen LogP contribution < -0.4 is 10.6 Å². The molecular weight excluding hydrogens is 248 g/mol. The number of hydrogen-bond donors (Lipinski definition) is 2. The van der Waals surface area contributed by atoms with E-state index in [9.17, 15) is 0 Å². The molecule has 0 bridgehead atoms. The molecule has 0 radical (unpaired) electrons. The van der Waals surface area contributed by atoms with E-state index in [4.69, 9.17) is 4.98 Å². The highest BCUT2D eigenvalue weighted by Gasteiger charge is 2.19. The molecule has 0 aliphatic heterocycles. The van der Waals surface area contributed by atoms with Crippen LogP contribution in [0.2, 0.25) is 0 Å². The Morgan fingerprint density at radius 3 is 2.80 bits per heavy atom. The molecule has 0 fully saturated rings. The molecule has 1 aromatic heterocycles. The first-order chi connectivity index (χ1) is 9.86. The molecule has 4 nitrogen and oxygen atoms in total. The van der Waals surface area contributed by atoms with Gasteiger partial charge in [0.2, 0.25) is 5.95 Å². The Morgan fingerprint density at radius 1 is 1.15 bits per heavy atom. The molecule has 0 spiro atoms. The number of hydrogen-bond acceptors (Lipinski definition) is 4. The van der Waals surface area contributed by atoms with Gasteiger partial charge >= 0.3 is 0 Å². The minimum atomic E-state index is 0.387. The summed E-state index contributed by atoms with van der Waals surface area (Å²) in [4.78, 5) is 9.17. The quantitative estimate of drug-likeness (QED) is 0.839. The molecule has 104 valence electrons. The van der Waals surface area contributed by atoms with Gasteiger partial charge in [0.15, 0.2) is 0 Å². The van der Waals surface area contributed by atoms with Crippen molar-refractivity contribution in [1.29, 1.82) is 0 Å². The summed E-state index contributed by atoms with van der Waals surface area (Å²) in [5.74, 6) is 0.687. The molecular formula is C16H20N4. The highest BCUT2D eigenvalue weighted by Crippen LogP contribution is 2.27. The molecule has 2 N–H and O–H groups in total. The van der Waals surface area contributed by atoms with E-state index in [0.717, 1.165) is 12.1 Å². The fraction of sp³-hybridized carbons (Fsp3) is 0.375. The molecule has 4 heteroatoms. The topological polar surface area (TPSA) is 49.8 Å². The van der Waals surface area contributed by atoms with Gasteiger partial charge in [0, 0.05) is 23.5 Å². The molecule has 1 atom stereocenters. The Morgan fingerprint density at radius 2 is 2.00 bits per heavy atom. The lowest BCUT2D eigenvalue weighted by Crippen LogP contribution is -2.17. The molecule has 1 aliphatic rings. The summed E-state index contributed by atoms with van der Waals surface area (Å²) in [6.07, 6.45) is 6.62. The van der Waals surface area contributed by atoms with Crippen molar-refractivity contribution < 1.29 is 0 Å². The van der Waals surface area contributed by atoms with Crippen LogP contribution in [0.25, 0.3) is 0 Å². The van der Waals surface area contributed by atoms with E-state index < -0.39 is 0 Å². The molecule has 1 heterocycles. The predicted octanol–water partition coefficient (Wildman–Crippen LogP) is 3.21. The van der Waals surface area contributed by atoms with Gasteiger partial charge in [0.25, 0.3) is 0 Å². The van der Waals surface area contributed by atoms with Crippen LogP contribution in [0.1, 0.15) is 36.6 Å². The monoisotopic (exact) mass is 268 g/mol. The molecule has 0 saturated carbocycles. The molecule has 1 unspecified atom stereocenters. The lowest BCUT2D eigenvalue weighted by Gasteiger charge is -2.16. The Kier molecular flexibility index (Phi) is 3.92. The van der Waals surface area contributed by atoms with E-state index in [-0.39, 0.29) is 0 Å². The van der Waals surface area contributed by atoms with Crippen LogP contribution >= 0.6 is 0 Å². The van der Waals surface area contributed by atoms with E-state index in [2.05, 4.69) is 15.6 Å². The number of benzene rings is 1. The maximum atomic E-state index is 4.70. The minimum absolute atomic E-state index is 0.387. The van der Waals surface area contributed by atoms with Gasteiger partial charge in [-0.05, 0) is 38.4 Å². The van der Waals surface area contributed by atoms with Gasteiger partial charge in [-0.15, -0.1) is 0 Å². The summed E-state index contributed by atoms with van der Waals surface area (Å²) < 4.78 is 0. The van der Waals surface area contributed by atoms with Crippen LogP contribution in [0.3, 0.4) is 0 Å². The van der Waals surface area contributed by atoms with Gasteiger partial charge in [-0.2, -0.15) is 0 Å². The van der Waals surface area contributed by atoms with Crippen LogP contribution in [-0.2, 0) is 6.42 Å². The van der Waals surface area contributed by atoms with Crippen molar-refractivity contribution in [2.45, 2.75) is 31.7 Å². The highest BCUT2D eigenvalue weighted by atomic mass is 15.1. The summed E-state index contributed by atoms with van der Waals surface area (Å²) >= 11 is 0. The van der Waals surface area contributed by atoms with Crippen LogP contribution in [0, 0.1) is 0 Å². The number of anilines is 2. The molecule has 2 aromatic rings. The normalized spacial score (nSPS) is 18.1. The molecule has 1 aromatic carbocycles. The number of fused-ring (bicyclic) bond motifs is 1. The average Bonchev–Trinajstić information content (AvgIpc) is 2.69. The summed E-state index contributed by atoms with van der Waals surface area (Å²) in [5.41, 5.74) is 3.45. The number of nitrogens with one attached hydrogen (secondary N) is 2. The van der Waals surface area contributed by atoms with E-state index >= 15 is 0 Å². The number of nitrogens with zero attached hydrogens (tertiary/aromatic N) is 2. The van der Waals surface area contributed by atoms with Crippen LogP contribution in [0.4, 0.5) is 11.6 Å². The van der Waals surface area contributed by atoms with Gasteiger partial charge in [-0.3, -0.25) is 0 Å². The molecule has 3 rings (SSSR count). The second-order valence-electron chi connectivity index (χ2n) is 5.17. The summed E-state index contributed by atoms with van der Waals surface area (Å²) in [6.45, 7) is 0. The smallest absolute Gasteiger partial charge is 0.227 e. The van der Waals surface area contributed by atoms with Crippen molar-refractivity contribution in [3.05, 3.63) is 47.8 Å². The van der Waals surface area contributed by atoms with Crippen LogP contribution in [-0.4, -0.2) is 17.0 Å². The number of rotatable bonds is 3. The highest BCUT2D eigenvalue weighted by molar-refractivity contribution is 5.53. The van der Waals surface area contributed by atoms with E-state index in [1.54, 1.807) is 0 Å². The van der Waals surface area contributed by atoms with Crippen molar-refractivity contribution >= 4 is 11.6 Å². The van der Waals surface area contributed by atoms with Crippen molar-refractivity contribution in [3.8, 4) is 0 Å². The third-order valence-electron chi connectivity index (χ3n) is 3.81. The Labute approximate surface area is 119 Å². The van der Waals surface area contributed by atoms with Crippen molar-refractivity contribution in [1.82, 2.24) is 15.3 Å². The minimum Gasteiger partial charge on any atom is -0.324 e. The first-order valence-corrected chi connectivity index (χ1v) is 7.22. The number of aryl methyl sites for hydroxylation is 1. The average molecular weight is 268 g/mol. The van der Waals surface area contributed by atoms with E-state index in [1.807, 2.05) is 43.6 Å². The van der Waals surface area contributed by atoms with Gasteiger partial charge in [0.1, 0.15) is 0 Å². The van der Waals surface area contributed by atoms with Crippen molar-refractivity contribution in [2.75, 3.05) is 12.4 Å². The van der Waals surface area contributed by atoms with Crippen molar-refractivity contribution in [2.24, 2.45) is 0 Å². The van der Waals surface area contributed by atoms with Crippen molar-refractivity contribution in [3.63, 3.8) is 0 Å². The zero-order chi connectivity index (χ0) is 13.8. The van der Waals surface area contributed by atoms with Gasteiger partial charge in [-0.25, -0.2) is 9.97 Å². The van der Waals surface area contributed by atoms with Gasteiger partial charge in [0.05, 0.1) is 5.69 Å². The second kappa shape index (κ2) is 6.01. The lowest BCUT2D eigenvalue weighted by molar-refractivity contribution is 0.532. The SMILES string of the molecule is CNC1CCCCc2nc(Nc3ccccc3)ncc21. The van der Waals surface area contributed by atoms with Crippen LogP contribution in [0.15, 0.2) is 36.5 Å². The first kappa shape index (κ1) is 13.1. The Balaban J connectivity index is 1.86. The summed E-state index contributed by atoms with van der Waals surface area (Å²) in [6, 6.07) is 10.4. The Hall–Kier alpha value is -1.94. The second-order valence-corrected chi connectivity index (χ2v) is 5.17. The van der Waals surface area contributed by atoms with E-state index in [1.165, 1.54) is 30.5 Å². The standard InChI is InChI=1S/C16H20N4/c1-17-14-9-5-6-10-15-13(14)11-18-16(20-15)19-12-7-3-2-4-8-12/h2-4,7-8,11,14,17H,5-6,9-10H2,1H3,(H,18,19,20). The predicted molar refractivity (Wildman–Crippen MR) is 81.1 cm³/mol. The third-order valence-corrected chi connectivity index (χ3v) is 3.81. The Bertz CT molecular complexity index is 568. The third kappa shape index (κ3) is 2.80. The zero-order valence-electron chi connectivity index (χ0n) is 11.8. The molecule has 0 amide bonds. The molecule has 1 aliphatic carbocycles. The summed E-state index contributed by atoms with van der Waals surface area (Å²) in [7, 11) is 2.01. The van der Waals surface area contributed by atoms with Crippen LogP contribution in [0.5, 0.6) is 0 Å². The van der Waals surface area contributed by atoms with Gasteiger partial charge < -0.3 is 10.6 Å². The molecule has 20 heavy (non-hydrogen) atoms. The fourth-order valence-corrected chi connectivity index (χ4v) is 2.72. The van der Waals surface area contributed by atoms with E-state index in [0.29, 0.717) is 12.0 Å². The lowest BCUT2D eigenvalue weighted by atomic mass is 10.1. The number of aromatic nitrogens is 2. The fourth-order valence-electron chi connectivity index (χ4n) is 2.72.